The zero-order chi connectivity index (χ0) is 13.1. The SMILES string of the molecule is CSc1ccccc1-c1ccc(N2CCCC2)cc1. The normalized spacial score (nSPS) is 14.9. The number of hydrogen-bond donors (Lipinski definition) is 0. The lowest BCUT2D eigenvalue weighted by atomic mass is 10.1. The molecule has 1 aliphatic heterocycles. The third-order valence-corrected chi connectivity index (χ3v) is 4.55. The third kappa shape index (κ3) is 2.64. The average Bonchev–Trinajstić information content (AvgIpc) is 3.02. The van der Waals surface area contributed by atoms with Gasteiger partial charge < -0.3 is 4.90 Å². The molecule has 98 valence electrons. The van der Waals surface area contributed by atoms with Gasteiger partial charge in [0.05, 0.1) is 0 Å². The second-order valence-electron chi connectivity index (χ2n) is 4.94. The molecule has 1 aliphatic rings. The van der Waals surface area contributed by atoms with Gasteiger partial charge >= 0.3 is 0 Å². The molecule has 0 N–H and O–H groups in total. The molecular weight excluding hydrogens is 250 g/mol. The molecule has 0 amide bonds. The molecule has 0 aromatic heterocycles. The van der Waals surface area contributed by atoms with Crippen molar-refractivity contribution in [2.75, 3.05) is 24.2 Å². The van der Waals surface area contributed by atoms with Gasteiger partial charge in [-0.3, -0.25) is 0 Å². The predicted molar refractivity (Wildman–Crippen MR) is 85.1 cm³/mol. The molecule has 0 radical (unpaired) electrons. The Kier molecular flexibility index (Phi) is 3.79. The van der Waals surface area contributed by atoms with Gasteiger partial charge in [0.25, 0.3) is 0 Å². The molecule has 0 spiro atoms. The second-order valence-corrected chi connectivity index (χ2v) is 5.79. The van der Waals surface area contributed by atoms with Crippen LogP contribution in [0.5, 0.6) is 0 Å². The number of hydrogen-bond acceptors (Lipinski definition) is 2. The summed E-state index contributed by atoms with van der Waals surface area (Å²) in [6.45, 7) is 2.42. The van der Waals surface area contributed by atoms with Crippen molar-refractivity contribution in [2.45, 2.75) is 17.7 Å². The van der Waals surface area contributed by atoms with Gasteiger partial charge in [-0.1, -0.05) is 30.3 Å². The number of nitrogens with zero attached hydrogens (tertiary/aromatic N) is 1. The highest BCUT2D eigenvalue weighted by Crippen LogP contribution is 2.31. The second kappa shape index (κ2) is 5.70. The van der Waals surface area contributed by atoms with Crippen LogP contribution < -0.4 is 4.90 Å². The van der Waals surface area contributed by atoms with Gasteiger partial charge in [0, 0.05) is 23.7 Å². The smallest absolute Gasteiger partial charge is 0.0366 e. The lowest BCUT2D eigenvalue weighted by Gasteiger charge is -2.18. The third-order valence-electron chi connectivity index (χ3n) is 3.76. The van der Waals surface area contributed by atoms with Crippen LogP contribution in [0, 0.1) is 0 Å². The predicted octanol–water partition coefficient (Wildman–Crippen LogP) is 4.68. The van der Waals surface area contributed by atoms with Gasteiger partial charge in [0.1, 0.15) is 0 Å². The first kappa shape index (κ1) is 12.6. The van der Waals surface area contributed by atoms with E-state index in [2.05, 4.69) is 59.7 Å². The van der Waals surface area contributed by atoms with Gasteiger partial charge in [-0.25, -0.2) is 0 Å². The largest absolute Gasteiger partial charge is 0.372 e. The Morgan fingerprint density at radius 3 is 2.26 bits per heavy atom. The maximum absolute atomic E-state index is 2.48. The molecule has 2 aromatic carbocycles. The summed E-state index contributed by atoms with van der Waals surface area (Å²) in [6.07, 6.45) is 4.80. The Morgan fingerprint density at radius 1 is 0.895 bits per heavy atom. The van der Waals surface area contributed by atoms with Gasteiger partial charge in [0.15, 0.2) is 0 Å². The molecule has 1 fully saturated rings. The zero-order valence-corrected chi connectivity index (χ0v) is 12.1. The van der Waals surface area contributed by atoms with E-state index in [1.807, 2.05) is 11.8 Å². The molecule has 0 atom stereocenters. The minimum absolute atomic E-state index is 1.21. The standard InChI is InChI=1S/C17H19NS/c1-19-17-7-3-2-6-16(17)14-8-10-15(11-9-14)18-12-4-5-13-18/h2-3,6-11H,4-5,12-13H2,1H3. The maximum atomic E-state index is 2.48. The van der Waals surface area contributed by atoms with Crippen molar-refractivity contribution in [1.82, 2.24) is 0 Å². The van der Waals surface area contributed by atoms with Crippen LogP contribution in [0.4, 0.5) is 5.69 Å². The highest BCUT2D eigenvalue weighted by molar-refractivity contribution is 7.98. The van der Waals surface area contributed by atoms with Crippen molar-refractivity contribution >= 4 is 17.4 Å². The molecule has 0 unspecified atom stereocenters. The summed E-state index contributed by atoms with van der Waals surface area (Å²) in [6, 6.07) is 17.6. The number of benzene rings is 2. The number of thioether (sulfide) groups is 1. The van der Waals surface area contributed by atoms with Crippen molar-refractivity contribution in [3.05, 3.63) is 48.5 Å². The van der Waals surface area contributed by atoms with E-state index in [0.29, 0.717) is 0 Å². The van der Waals surface area contributed by atoms with Crippen LogP contribution in [-0.2, 0) is 0 Å². The number of anilines is 1. The Labute approximate surface area is 119 Å². The molecule has 1 nitrogen and oxygen atoms in total. The summed E-state index contributed by atoms with van der Waals surface area (Å²) in [4.78, 5) is 3.82. The van der Waals surface area contributed by atoms with Crippen LogP contribution >= 0.6 is 11.8 Å². The van der Waals surface area contributed by atoms with Crippen LogP contribution in [0.1, 0.15) is 12.8 Å². The van der Waals surface area contributed by atoms with Crippen molar-refractivity contribution in [3.63, 3.8) is 0 Å². The van der Waals surface area contributed by atoms with E-state index < -0.39 is 0 Å². The van der Waals surface area contributed by atoms with E-state index in [0.717, 1.165) is 0 Å². The molecule has 2 heteroatoms. The highest BCUT2D eigenvalue weighted by atomic mass is 32.2. The van der Waals surface area contributed by atoms with E-state index in [-0.39, 0.29) is 0 Å². The fourth-order valence-corrected chi connectivity index (χ4v) is 3.33. The molecule has 3 rings (SSSR count). The summed E-state index contributed by atoms with van der Waals surface area (Å²) in [5.41, 5.74) is 4.01. The first-order chi connectivity index (χ1) is 9.38. The zero-order valence-electron chi connectivity index (χ0n) is 11.3. The lowest BCUT2D eigenvalue weighted by Crippen LogP contribution is -2.17. The van der Waals surface area contributed by atoms with Crippen LogP contribution in [0.2, 0.25) is 0 Å². The van der Waals surface area contributed by atoms with E-state index >= 15 is 0 Å². The Morgan fingerprint density at radius 2 is 1.58 bits per heavy atom. The summed E-state index contributed by atoms with van der Waals surface area (Å²) < 4.78 is 0. The number of rotatable bonds is 3. The van der Waals surface area contributed by atoms with Crippen molar-refractivity contribution in [3.8, 4) is 11.1 Å². The highest BCUT2D eigenvalue weighted by Gasteiger charge is 2.12. The van der Waals surface area contributed by atoms with Crippen molar-refractivity contribution in [2.24, 2.45) is 0 Å². The molecule has 0 bridgehead atoms. The first-order valence-electron chi connectivity index (χ1n) is 6.87. The minimum Gasteiger partial charge on any atom is -0.372 e. The topological polar surface area (TPSA) is 3.24 Å². The Balaban J connectivity index is 1.89. The van der Waals surface area contributed by atoms with E-state index in [9.17, 15) is 0 Å². The molecule has 19 heavy (non-hydrogen) atoms. The summed E-state index contributed by atoms with van der Waals surface area (Å²) in [5, 5.41) is 0. The van der Waals surface area contributed by atoms with Gasteiger partial charge in [0.2, 0.25) is 0 Å². The van der Waals surface area contributed by atoms with Crippen LogP contribution in [0.25, 0.3) is 11.1 Å². The van der Waals surface area contributed by atoms with E-state index in [4.69, 9.17) is 0 Å². The van der Waals surface area contributed by atoms with Crippen LogP contribution in [0.15, 0.2) is 53.4 Å². The van der Waals surface area contributed by atoms with Gasteiger partial charge in [-0.2, -0.15) is 0 Å². The summed E-state index contributed by atoms with van der Waals surface area (Å²) in [5.74, 6) is 0. The minimum atomic E-state index is 1.21. The summed E-state index contributed by atoms with van der Waals surface area (Å²) >= 11 is 1.81. The quantitative estimate of drug-likeness (QED) is 0.745. The van der Waals surface area contributed by atoms with Crippen LogP contribution in [-0.4, -0.2) is 19.3 Å². The fraction of sp³-hybridized carbons (Fsp3) is 0.294. The Hall–Kier alpha value is -1.41. The van der Waals surface area contributed by atoms with Crippen molar-refractivity contribution in [1.29, 1.82) is 0 Å². The van der Waals surface area contributed by atoms with E-state index in [1.165, 1.54) is 47.6 Å². The van der Waals surface area contributed by atoms with Gasteiger partial charge in [-0.05, 0) is 48.4 Å². The molecule has 0 saturated carbocycles. The molecule has 1 heterocycles. The van der Waals surface area contributed by atoms with Gasteiger partial charge in [-0.15, -0.1) is 11.8 Å². The van der Waals surface area contributed by atoms with Crippen molar-refractivity contribution < 1.29 is 0 Å². The van der Waals surface area contributed by atoms with E-state index in [1.54, 1.807) is 0 Å². The first-order valence-corrected chi connectivity index (χ1v) is 8.09. The molecule has 0 aliphatic carbocycles. The lowest BCUT2D eigenvalue weighted by molar-refractivity contribution is 0.949. The average molecular weight is 269 g/mol. The summed E-state index contributed by atoms with van der Waals surface area (Å²) in [7, 11) is 0. The molecular formula is C17H19NS. The molecule has 1 saturated heterocycles. The molecule has 2 aromatic rings. The monoisotopic (exact) mass is 269 g/mol. The van der Waals surface area contributed by atoms with Crippen LogP contribution in [0.3, 0.4) is 0 Å². The maximum Gasteiger partial charge on any atom is 0.0366 e. The Bertz CT molecular complexity index is 541. The fourth-order valence-electron chi connectivity index (χ4n) is 2.71.